The molecular formula is C15H18N2O2S. The van der Waals surface area contributed by atoms with E-state index in [0.29, 0.717) is 18.8 Å². The fraction of sp³-hybridized carbons (Fsp3) is 0.467. The summed E-state index contributed by atoms with van der Waals surface area (Å²) in [6.07, 6.45) is 2.14. The van der Waals surface area contributed by atoms with Crippen LogP contribution < -0.4 is 9.80 Å². The van der Waals surface area contributed by atoms with E-state index in [9.17, 15) is 9.59 Å². The van der Waals surface area contributed by atoms with Crippen molar-refractivity contribution in [1.82, 2.24) is 0 Å². The molecule has 2 amide bonds. The van der Waals surface area contributed by atoms with Crippen LogP contribution in [0.15, 0.2) is 24.3 Å². The molecule has 3 rings (SSSR count). The van der Waals surface area contributed by atoms with Crippen LogP contribution in [0.1, 0.15) is 19.3 Å². The molecule has 0 bridgehead atoms. The molecule has 2 fully saturated rings. The molecule has 5 heteroatoms. The molecule has 2 aliphatic heterocycles. The molecule has 1 atom stereocenters. The SMILES string of the molecule is O=C1CCCN1c1ccc(N2CC(CS)CC2=O)cc1. The van der Waals surface area contributed by atoms with Gasteiger partial charge in [-0.15, -0.1) is 0 Å². The second kappa shape index (κ2) is 5.48. The van der Waals surface area contributed by atoms with Gasteiger partial charge in [0.05, 0.1) is 0 Å². The highest BCUT2D eigenvalue weighted by atomic mass is 32.1. The van der Waals surface area contributed by atoms with E-state index in [1.165, 1.54) is 0 Å². The molecule has 0 N–H and O–H groups in total. The smallest absolute Gasteiger partial charge is 0.227 e. The van der Waals surface area contributed by atoms with Gasteiger partial charge in [-0.05, 0) is 42.4 Å². The van der Waals surface area contributed by atoms with Crippen LogP contribution in [-0.2, 0) is 9.59 Å². The van der Waals surface area contributed by atoms with Crippen molar-refractivity contribution in [2.75, 3.05) is 28.6 Å². The van der Waals surface area contributed by atoms with Gasteiger partial charge >= 0.3 is 0 Å². The van der Waals surface area contributed by atoms with Gasteiger partial charge in [0.25, 0.3) is 0 Å². The zero-order chi connectivity index (χ0) is 14.1. The van der Waals surface area contributed by atoms with Crippen molar-refractivity contribution in [1.29, 1.82) is 0 Å². The van der Waals surface area contributed by atoms with Gasteiger partial charge in [0.2, 0.25) is 11.8 Å². The van der Waals surface area contributed by atoms with Gasteiger partial charge in [-0.1, -0.05) is 0 Å². The van der Waals surface area contributed by atoms with E-state index < -0.39 is 0 Å². The summed E-state index contributed by atoms with van der Waals surface area (Å²) in [5.41, 5.74) is 1.84. The van der Waals surface area contributed by atoms with E-state index >= 15 is 0 Å². The summed E-state index contributed by atoms with van der Waals surface area (Å²) in [6.45, 7) is 1.53. The molecule has 106 valence electrons. The van der Waals surface area contributed by atoms with Gasteiger partial charge in [-0.3, -0.25) is 9.59 Å². The van der Waals surface area contributed by atoms with Crippen molar-refractivity contribution < 1.29 is 9.59 Å². The number of rotatable bonds is 3. The molecule has 0 aliphatic carbocycles. The monoisotopic (exact) mass is 290 g/mol. The van der Waals surface area contributed by atoms with Crippen molar-refractivity contribution in [3.8, 4) is 0 Å². The van der Waals surface area contributed by atoms with E-state index in [-0.39, 0.29) is 11.8 Å². The van der Waals surface area contributed by atoms with Crippen molar-refractivity contribution in [2.24, 2.45) is 5.92 Å². The third kappa shape index (κ3) is 2.42. The first-order chi connectivity index (χ1) is 9.69. The van der Waals surface area contributed by atoms with Crippen LogP contribution in [0, 0.1) is 5.92 Å². The maximum absolute atomic E-state index is 12.0. The Balaban J connectivity index is 1.76. The summed E-state index contributed by atoms with van der Waals surface area (Å²) in [5.74, 6) is 1.42. The third-order valence-electron chi connectivity index (χ3n) is 4.01. The number of nitrogens with zero attached hydrogens (tertiary/aromatic N) is 2. The lowest BCUT2D eigenvalue weighted by atomic mass is 10.1. The minimum absolute atomic E-state index is 0.161. The van der Waals surface area contributed by atoms with Crippen molar-refractivity contribution in [2.45, 2.75) is 19.3 Å². The van der Waals surface area contributed by atoms with Gasteiger partial charge in [0.15, 0.2) is 0 Å². The lowest BCUT2D eigenvalue weighted by molar-refractivity contribution is -0.118. The van der Waals surface area contributed by atoms with E-state index in [1.807, 2.05) is 34.1 Å². The summed E-state index contributed by atoms with van der Waals surface area (Å²) < 4.78 is 0. The normalized spacial score (nSPS) is 22.9. The minimum Gasteiger partial charge on any atom is -0.312 e. The summed E-state index contributed by atoms with van der Waals surface area (Å²) in [4.78, 5) is 27.3. The summed E-state index contributed by atoms with van der Waals surface area (Å²) in [7, 11) is 0. The lowest BCUT2D eigenvalue weighted by Crippen LogP contribution is -2.25. The van der Waals surface area contributed by atoms with Crippen LogP contribution in [0.3, 0.4) is 0 Å². The number of amides is 2. The number of thiol groups is 1. The van der Waals surface area contributed by atoms with Crippen LogP contribution in [0.4, 0.5) is 11.4 Å². The Bertz CT molecular complexity index is 529. The maximum atomic E-state index is 12.0. The largest absolute Gasteiger partial charge is 0.312 e. The Morgan fingerprint density at radius 3 is 2.20 bits per heavy atom. The maximum Gasteiger partial charge on any atom is 0.227 e. The van der Waals surface area contributed by atoms with Crippen LogP contribution in [0.2, 0.25) is 0 Å². The molecule has 4 nitrogen and oxygen atoms in total. The molecule has 2 heterocycles. The summed E-state index contributed by atoms with van der Waals surface area (Å²) in [6, 6.07) is 7.72. The molecule has 1 aromatic carbocycles. The van der Waals surface area contributed by atoms with Gasteiger partial charge in [-0.25, -0.2) is 0 Å². The number of anilines is 2. The van der Waals surface area contributed by atoms with Crippen LogP contribution in [-0.4, -0.2) is 30.7 Å². The van der Waals surface area contributed by atoms with Gasteiger partial charge in [-0.2, -0.15) is 12.6 Å². The fourth-order valence-electron chi connectivity index (χ4n) is 2.89. The standard InChI is InChI=1S/C15H18N2O2S/c18-14-2-1-7-16(14)12-3-5-13(6-4-12)17-9-11(10-20)8-15(17)19/h3-6,11,20H,1-2,7-10H2. The van der Waals surface area contributed by atoms with E-state index in [0.717, 1.165) is 36.6 Å². The Hall–Kier alpha value is -1.49. The Labute approximate surface area is 124 Å². The predicted octanol–water partition coefficient (Wildman–Crippen LogP) is 2.10. The molecule has 1 unspecified atom stereocenters. The molecule has 0 aromatic heterocycles. The topological polar surface area (TPSA) is 40.6 Å². The molecule has 1 aromatic rings. The van der Waals surface area contributed by atoms with Crippen LogP contribution >= 0.6 is 12.6 Å². The Morgan fingerprint density at radius 2 is 1.70 bits per heavy atom. The minimum atomic E-state index is 0.161. The van der Waals surface area contributed by atoms with Gasteiger partial charge in [0.1, 0.15) is 0 Å². The zero-order valence-electron chi connectivity index (χ0n) is 11.3. The number of carbonyl (C=O) groups excluding carboxylic acids is 2. The first-order valence-electron chi connectivity index (χ1n) is 7.00. The van der Waals surface area contributed by atoms with Crippen LogP contribution in [0.5, 0.6) is 0 Å². The number of hydrogen-bond acceptors (Lipinski definition) is 3. The highest BCUT2D eigenvalue weighted by Gasteiger charge is 2.29. The van der Waals surface area contributed by atoms with Crippen LogP contribution in [0.25, 0.3) is 0 Å². The molecular weight excluding hydrogens is 272 g/mol. The number of benzene rings is 1. The van der Waals surface area contributed by atoms with Crippen molar-refractivity contribution in [3.05, 3.63) is 24.3 Å². The number of carbonyl (C=O) groups is 2. The highest BCUT2D eigenvalue weighted by Crippen LogP contribution is 2.28. The van der Waals surface area contributed by atoms with E-state index in [4.69, 9.17) is 0 Å². The summed E-state index contributed by atoms with van der Waals surface area (Å²) >= 11 is 4.27. The molecule has 20 heavy (non-hydrogen) atoms. The fourth-order valence-corrected chi connectivity index (χ4v) is 3.13. The van der Waals surface area contributed by atoms with E-state index in [2.05, 4.69) is 12.6 Å². The third-order valence-corrected chi connectivity index (χ3v) is 4.53. The quantitative estimate of drug-likeness (QED) is 0.866. The molecule has 2 saturated heterocycles. The van der Waals surface area contributed by atoms with Gasteiger partial charge in [0, 0.05) is 37.3 Å². The Morgan fingerprint density at radius 1 is 1.05 bits per heavy atom. The highest BCUT2D eigenvalue weighted by molar-refractivity contribution is 7.80. The molecule has 0 saturated carbocycles. The first-order valence-corrected chi connectivity index (χ1v) is 7.64. The molecule has 2 aliphatic rings. The van der Waals surface area contributed by atoms with Crippen molar-refractivity contribution in [3.63, 3.8) is 0 Å². The summed E-state index contributed by atoms with van der Waals surface area (Å²) in [5, 5.41) is 0. The zero-order valence-corrected chi connectivity index (χ0v) is 12.2. The average molecular weight is 290 g/mol. The number of hydrogen-bond donors (Lipinski definition) is 1. The Kier molecular flexibility index (Phi) is 3.70. The molecule has 0 radical (unpaired) electrons. The van der Waals surface area contributed by atoms with Crippen molar-refractivity contribution >= 4 is 35.8 Å². The second-order valence-electron chi connectivity index (χ2n) is 5.42. The second-order valence-corrected chi connectivity index (χ2v) is 5.79. The van der Waals surface area contributed by atoms with Gasteiger partial charge < -0.3 is 9.80 Å². The predicted molar refractivity (Wildman–Crippen MR) is 82.3 cm³/mol. The first kappa shape index (κ1) is 13.5. The lowest BCUT2D eigenvalue weighted by Gasteiger charge is -2.19. The average Bonchev–Trinajstić information content (AvgIpc) is 3.05. The molecule has 0 spiro atoms. The van der Waals surface area contributed by atoms with E-state index in [1.54, 1.807) is 0 Å².